The van der Waals surface area contributed by atoms with Gasteiger partial charge in [-0.2, -0.15) is 0 Å². The predicted octanol–water partition coefficient (Wildman–Crippen LogP) is 3.14. The molecule has 3 rings (SSSR count). The van der Waals surface area contributed by atoms with Crippen molar-refractivity contribution in [2.75, 3.05) is 0 Å². The molecule has 8 heteroatoms. The molecule has 0 atom stereocenters. The standard InChI is InChI=1S/C18H20N2O4S2/c1-18(2,17(21)22)25-16-9-10-19-11-15(16)12-3-7-14(8-4-12)26(23,24)20-13-5-6-13/h3-4,7-11,13,20H,5-6H2,1-2H3,(H,21,22). The lowest BCUT2D eigenvalue weighted by Gasteiger charge is -2.20. The number of nitrogens with one attached hydrogen (secondary N) is 1. The van der Waals surface area contributed by atoms with Gasteiger partial charge in [0.2, 0.25) is 10.0 Å². The zero-order valence-corrected chi connectivity index (χ0v) is 16.1. The molecular weight excluding hydrogens is 372 g/mol. The summed E-state index contributed by atoms with van der Waals surface area (Å²) in [7, 11) is -3.49. The fourth-order valence-corrected chi connectivity index (χ4v) is 4.66. The summed E-state index contributed by atoms with van der Waals surface area (Å²) < 4.78 is 26.2. The highest BCUT2D eigenvalue weighted by Gasteiger charge is 2.30. The van der Waals surface area contributed by atoms with Crippen LogP contribution in [0.15, 0.2) is 52.5 Å². The molecule has 1 aliphatic carbocycles. The molecule has 1 heterocycles. The first-order valence-corrected chi connectivity index (χ1v) is 10.5. The molecule has 0 unspecified atom stereocenters. The van der Waals surface area contributed by atoms with Gasteiger partial charge in [-0.05, 0) is 50.5 Å². The van der Waals surface area contributed by atoms with Crippen LogP contribution in [0.25, 0.3) is 11.1 Å². The number of hydrogen-bond donors (Lipinski definition) is 2. The van der Waals surface area contributed by atoms with Crippen LogP contribution in [0.2, 0.25) is 0 Å². The molecule has 26 heavy (non-hydrogen) atoms. The monoisotopic (exact) mass is 392 g/mol. The maximum absolute atomic E-state index is 12.3. The summed E-state index contributed by atoms with van der Waals surface area (Å²) in [5.41, 5.74) is 1.55. The number of aromatic nitrogens is 1. The Morgan fingerprint density at radius 2 is 1.88 bits per heavy atom. The van der Waals surface area contributed by atoms with Gasteiger partial charge in [-0.1, -0.05) is 12.1 Å². The van der Waals surface area contributed by atoms with E-state index in [9.17, 15) is 18.3 Å². The number of aliphatic carboxylic acids is 1. The van der Waals surface area contributed by atoms with Crippen LogP contribution in [-0.2, 0) is 14.8 Å². The summed E-state index contributed by atoms with van der Waals surface area (Å²) in [6, 6.07) is 8.38. The first-order chi connectivity index (χ1) is 12.2. The molecule has 1 fully saturated rings. The van der Waals surface area contributed by atoms with E-state index in [0.717, 1.165) is 28.9 Å². The van der Waals surface area contributed by atoms with E-state index in [1.54, 1.807) is 56.6 Å². The maximum atomic E-state index is 12.3. The number of rotatable bonds is 7. The van der Waals surface area contributed by atoms with Crippen LogP contribution in [0.4, 0.5) is 0 Å². The fraction of sp³-hybridized carbons (Fsp3) is 0.333. The average molecular weight is 393 g/mol. The van der Waals surface area contributed by atoms with Gasteiger partial charge in [-0.25, -0.2) is 13.1 Å². The van der Waals surface area contributed by atoms with Gasteiger partial charge in [-0.3, -0.25) is 9.78 Å². The van der Waals surface area contributed by atoms with Crippen molar-refractivity contribution in [2.45, 2.75) is 47.3 Å². The Kier molecular flexibility index (Phi) is 5.09. The normalized spacial score (nSPS) is 15.0. The Morgan fingerprint density at radius 1 is 1.23 bits per heavy atom. The number of carbonyl (C=O) groups is 1. The van der Waals surface area contributed by atoms with Crippen molar-refractivity contribution in [1.82, 2.24) is 9.71 Å². The summed E-state index contributed by atoms with van der Waals surface area (Å²) >= 11 is 1.23. The highest BCUT2D eigenvalue weighted by molar-refractivity contribution is 8.01. The minimum Gasteiger partial charge on any atom is -0.480 e. The summed E-state index contributed by atoms with van der Waals surface area (Å²) in [6.07, 6.45) is 5.04. The van der Waals surface area contributed by atoms with Crippen LogP contribution < -0.4 is 4.72 Å². The van der Waals surface area contributed by atoms with Gasteiger partial charge in [-0.15, -0.1) is 11.8 Å². The Labute approximate surface area is 157 Å². The van der Waals surface area contributed by atoms with E-state index in [0.29, 0.717) is 0 Å². The third-order valence-corrected chi connectivity index (χ3v) is 6.83. The topological polar surface area (TPSA) is 96.4 Å². The summed E-state index contributed by atoms with van der Waals surface area (Å²) in [6.45, 7) is 3.28. The Morgan fingerprint density at radius 3 is 2.46 bits per heavy atom. The second-order valence-corrected chi connectivity index (χ2v) is 10.1. The van der Waals surface area contributed by atoms with Gasteiger partial charge < -0.3 is 5.11 Å². The van der Waals surface area contributed by atoms with Gasteiger partial charge >= 0.3 is 5.97 Å². The zero-order valence-electron chi connectivity index (χ0n) is 14.5. The van der Waals surface area contributed by atoms with Crippen molar-refractivity contribution >= 4 is 27.8 Å². The zero-order chi connectivity index (χ0) is 18.9. The van der Waals surface area contributed by atoms with E-state index in [4.69, 9.17) is 0 Å². The third-order valence-electron chi connectivity index (χ3n) is 4.04. The smallest absolute Gasteiger partial charge is 0.319 e. The van der Waals surface area contributed by atoms with Crippen LogP contribution in [0.1, 0.15) is 26.7 Å². The van der Waals surface area contributed by atoms with Crippen molar-refractivity contribution in [3.05, 3.63) is 42.7 Å². The molecule has 1 aromatic carbocycles. The van der Waals surface area contributed by atoms with Crippen LogP contribution in [0, 0.1) is 0 Å². The summed E-state index contributed by atoms with van der Waals surface area (Å²) in [4.78, 5) is 16.5. The molecule has 6 nitrogen and oxygen atoms in total. The minimum atomic E-state index is -3.49. The number of thioether (sulfide) groups is 1. The number of hydrogen-bond acceptors (Lipinski definition) is 5. The maximum Gasteiger partial charge on any atom is 0.319 e. The molecule has 0 spiro atoms. The van der Waals surface area contributed by atoms with Crippen LogP contribution in [0.3, 0.4) is 0 Å². The van der Waals surface area contributed by atoms with Crippen molar-refractivity contribution in [3.63, 3.8) is 0 Å². The molecule has 2 aromatic rings. The van der Waals surface area contributed by atoms with Crippen molar-refractivity contribution < 1.29 is 18.3 Å². The number of nitrogens with zero attached hydrogens (tertiary/aromatic N) is 1. The van der Waals surface area contributed by atoms with Gasteiger partial charge in [0.15, 0.2) is 0 Å². The van der Waals surface area contributed by atoms with Crippen LogP contribution >= 0.6 is 11.8 Å². The quantitative estimate of drug-likeness (QED) is 0.703. The van der Waals surface area contributed by atoms with E-state index >= 15 is 0 Å². The van der Waals surface area contributed by atoms with E-state index < -0.39 is 20.7 Å². The number of carboxylic acids is 1. The first-order valence-electron chi connectivity index (χ1n) is 8.18. The molecule has 2 N–H and O–H groups in total. The Bertz CT molecular complexity index is 920. The molecule has 1 aliphatic rings. The van der Waals surface area contributed by atoms with Gasteiger partial charge in [0.1, 0.15) is 4.75 Å². The molecule has 0 amide bonds. The summed E-state index contributed by atoms with van der Waals surface area (Å²) in [5, 5.41) is 9.36. The van der Waals surface area contributed by atoms with Crippen molar-refractivity contribution in [1.29, 1.82) is 0 Å². The second-order valence-electron chi connectivity index (χ2n) is 6.71. The Hall–Kier alpha value is -1.90. The van der Waals surface area contributed by atoms with E-state index in [1.807, 2.05) is 0 Å². The largest absolute Gasteiger partial charge is 0.480 e. The number of sulfonamides is 1. The van der Waals surface area contributed by atoms with Gasteiger partial charge in [0, 0.05) is 28.9 Å². The summed E-state index contributed by atoms with van der Waals surface area (Å²) in [5.74, 6) is -0.905. The molecule has 0 saturated heterocycles. The number of carboxylic acid groups (broad SMARTS) is 1. The highest BCUT2D eigenvalue weighted by Crippen LogP contribution is 2.38. The third kappa shape index (κ3) is 4.25. The molecule has 0 aliphatic heterocycles. The average Bonchev–Trinajstić information content (AvgIpc) is 3.38. The minimum absolute atomic E-state index is 0.0549. The lowest BCUT2D eigenvalue weighted by molar-refractivity contribution is -0.138. The van der Waals surface area contributed by atoms with Crippen LogP contribution in [-0.4, -0.2) is 35.3 Å². The molecule has 0 radical (unpaired) electrons. The highest BCUT2D eigenvalue weighted by atomic mass is 32.2. The molecule has 138 valence electrons. The lowest BCUT2D eigenvalue weighted by atomic mass is 10.1. The number of benzene rings is 1. The van der Waals surface area contributed by atoms with Crippen molar-refractivity contribution in [2.24, 2.45) is 0 Å². The van der Waals surface area contributed by atoms with E-state index in [-0.39, 0.29) is 10.9 Å². The Balaban J connectivity index is 1.89. The lowest BCUT2D eigenvalue weighted by Crippen LogP contribution is -2.27. The van der Waals surface area contributed by atoms with E-state index in [2.05, 4.69) is 9.71 Å². The SMILES string of the molecule is CC(C)(Sc1ccncc1-c1ccc(S(=O)(=O)NC2CC2)cc1)C(=O)O. The van der Waals surface area contributed by atoms with Gasteiger partial charge in [0.25, 0.3) is 0 Å². The predicted molar refractivity (Wildman–Crippen MR) is 101 cm³/mol. The van der Waals surface area contributed by atoms with Gasteiger partial charge in [0.05, 0.1) is 4.90 Å². The molecule has 1 saturated carbocycles. The fourth-order valence-electron chi connectivity index (χ4n) is 2.31. The van der Waals surface area contributed by atoms with E-state index in [1.165, 1.54) is 11.8 Å². The first kappa shape index (κ1) is 18.9. The second kappa shape index (κ2) is 7.02. The van der Waals surface area contributed by atoms with Crippen LogP contribution in [0.5, 0.6) is 0 Å². The van der Waals surface area contributed by atoms with Crippen molar-refractivity contribution in [3.8, 4) is 11.1 Å². The molecule has 1 aromatic heterocycles. The molecular formula is C18H20N2O4S2. The molecule has 0 bridgehead atoms. The number of pyridine rings is 1.